The van der Waals surface area contributed by atoms with Gasteiger partial charge in [0.2, 0.25) is 11.8 Å². The molecule has 1 spiro atoms. The summed E-state index contributed by atoms with van der Waals surface area (Å²) in [6.45, 7) is 1.99. The van der Waals surface area contributed by atoms with E-state index in [1.165, 1.54) is 17.7 Å². The van der Waals surface area contributed by atoms with Crippen LogP contribution in [0.25, 0.3) is 0 Å². The van der Waals surface area contributed by atoms with Crippen LogP contribution in [-0.4, -0.2) is 11.8 Å². The van der Waals surface area contributed by atoms with E-state index in [4.69, 9.17) is 0 Å². The molecule has 1 aliphatic heterocycles. The Morgan fingerprint density at radius 1 is 1.05 bits per heavy atom. The minimum Gasteiger partial charge on any atom is -0.274 e. The Hall–Kier alpha value is -1.90. The summed E-state index contributed by atoms with van der Waals surface area (Å²) in [7, 11) is 0. The van der Waals surface area contributed by atoms with Crippen molar-refractivity contribution in [1.82, 2.24) is 0 Å². The van der Waals surface area contributed by atoms with Gasteiger partial charge in [0.25, 0.3) is 0 Å². The van der Waals surface area contributed by atoms with Crippen molar-refractivity contribution in [3.8, 4) is 0 Å². The summed E-state index contributed by atoms with van der Waals surface area (Å²) < 4.78 is 0. The predicted octanol–water partition coefficient (Wildman–Crippen LogP) is 2.70. The van der Waals surface area contributed by atoms with Crippen molar-refractivity contribution in [2.45, 2.75) is 19.8 Å². The van der Waals surface area contributed by atoms with Crippen molar-refractivity contribution in [2.75, 3.05) is 4.90 Å². The molecule has 5 rings (SSSR count). The van der Waals surface area contributed by atoms with E-state index in [-0.39, 0.29) is 29.1 Å². The summed E-state index contributed by atoms with van der Waals surface area (Å²) in [5, 5.41) is 0. The van der Waals surface area contributed by atoms with E-state index in [9.17, 15) is 9.59 Å². The van der Waals surface area contributed by atoms with Gasteiger partial charge in [-0.2, -0.15) is 0 Å². The number of aryl methyl sites for hydroxylation is 1. The topological polar surface area (TPSA) is 37.4 Å². The van der Waals surface area contributed by atoms with Crippen LogP contribution in [0.5, 0.6) is 0 Å². The number of nitrogens with zero attached hydrogens (tertiary/aromatic N) is 1. The molecule has 1 aromatic rings. The van der Waals surface area contributed by atoms with Crippen LogP contribution in [0.2, 0.25) is 0 Å². The van der Waals surface area contributed by atoms with Gasteiger partial charge in [-0.25, -0.2) is 0 Å². The molecule has 0 aromatic heterocycles. The van der Waals surface area contributed by atoms with Crippen LogP contribution < -0.4 is 4.90 Å². The number of imide groups is 1. The van der Waals surface area contributed by atoms with Crippen molar-refractivity contribution in [3.05, 3.63) is 42.0 Å². The third-order valence-corrected chi connectivity index (χ3v) is 6.11. The lowest BCUT2D eigenvalue weighted by molar-refractivity contribution is -0.123. The SMILES string of the molecule is Cc1cccc(N2C(=O)[C@H]3[C@H](C2=O)[C@H]2C=C[C@H]3C23CC3)c1. The molecule has 0 unspecified atom stereocenters. The smallest absolute Gasteiger partial charge is 0.238 e. The molecule has 3 nitrogen and oxygen atoms in total. The highest BCUT2D eigenvalue weighted by Crippen LogP contribution is 2.73. The molecule has 2 amide bonds. The summed E-state index contributed by atoms with van der Waals surface area (Å²) in [5.41, 5.74) is 2.09. The standard InChI is InChI=1S/C18H17NO2/c1-10-3-2-4-11(9-10)19-16(20)14-12-5-6-13(15(14)17(19)21)18(12)7-8-18/h2-6,9,12-15H,7-8H2,1H3/t12-,13-,14-,15-/m1/s1. The Labute approximate surface area is 123 Å². The van der Waals surface area contributed by atoms with Gasteiger partial charge in [0.15, 0.2) is 0 Å². The number of allylic oxidation sites excluding steroid dienone is 2. The van der Waals surface area contributed by atoms with Gasteiger partial charge in [-0.15, -0.1) is 0 Å². The fourth-order valence-corrected chi connectivity index (χ4v) is 5.10. The highest BCUT2D eigenvalue weighted by Gasteiger charge is 2.73. The van der Waals surface area contributed by atoms with Crippen molar-refractivity contribution in [1.29, 1.82) is 0 Å². The van der Waals surface area contributed by atoms with Crippen LogP contribution in [-0.2, 0) is 9.59 Å². The van der Waals surface area contributed by atoms with E-state index in [0.717, 1.165) is 11.3 Å². The Morgan fingerprint density at radius 2 is 1.67 bits per heavy atom. The second-order valence-corrected chi connectivity index (χ2v) is 7.07. The minimum atomic E-state index is -0.101. The number of hydrogen-bond acceptors (Lipinski definition) is 2. The van der Waals surface area contributed by atoms with Gasteiger partial charge in [0.05, 0.1) is 17.5 Å². The maximum Gasteiger partial charge on any atom is 0.238 e. The first-order valence-electron chi connectivity index (χ1n) is 7.76. The molecule has 1 heterocycles. The van der Waals surface area contributed by atoms with Crippen molar-refractivity contribution in [2.24, 2.45) is 29.1 Å². The molecule has 3 heteroatoms. The van der Waals surface area contributed by atoms with E-state index in [0.29, 0.717) is 11.8 Å². The van der Waals surface area contributed by atoms with Crippen molar-refractivity contribution in [3.63, 3.8) is 0 Å². The number of carbonyl (C=O) groups is 2. The molecule has 2 bridgehead atoms. The zero-order valence-electron chi connectivity index (χ0n) is 12.0. The average molecular weight is 279 g/mol. The second-order valence-electron chi connectivity index (χ2n) is 7.07. The largest absolute Gasteiger partial charge is 0.274 e. The normalized spacial score (nSPS) is 37.7. The maximum absolute atomic E-state index is 12.9. The van der Waals surface area contributed by atoms with Crippen LogP contribution in [0.4, 0.5) is 5.69 Å². The monoisotopic (exact) mass is 279 g/mol. The maximum atomic E-state index is 12.9. The number of anilines is 1. The summed E-state index contributed by atoms with van der Waals surface area (Å²) in [6.07, 6.45) is 6.80. The quantitative estimate of drug-likeness (QED) is 0.585. The van der Waals surface area contributed by atoms with E-state index in [1.54, 1.807) is 0 Å². The number of fused-ring (bicyclic) bond motifs is 3. The summed E-state index contributed by atoms with van der Waals surface area (Å²) >= 11 is 0. The van der Waals surface area contributed by atoms with E-state index < -0.39 is 0 Å². The summed E-state index contributed by atoms with van der Waals surface area (Å²) in [6, 6.07) is 7.69. The van der Waals surface area contributed by atoms with E-state index in [2.05, 4.69) is 12.2 Å². The van der Waals surface area contributed by atoms with E-state index >= 15 is 0 Å². The Morgan fingerprint density at radius 3 is 2.19 bits per heavy atom. The highest BCUT2D eigenvalue weighted by atomic mass is 16.2. The van der Waals surface area contributed by atoms with Gasteiger partial charge in [0, 0.05) is 0 Å². The van der Waals surface area contributed by atoms with Gasteiger partial charge in [-0.3, -0.25) is 14.5 Å². The van der Waals surface area contributed by atoms with Crippen LogP contribution in [0.3, 0.4) is 0 Å². The molecule has 4 atom stereocenters. The molecule has 4 aliphatic rings. The molecule has 0 radical (unpaired) electrons. The van der Waals surface area contributed by atoms with Gasteiger partial charge in [0.1, 0.15) is 0 Å². The first-order valence-corrected chi connectivity index (χ1v) is 7.76. The fraction of sp³-hybridized carbons (Fsp3) is 0.444. The molecule has 3 fully saturated rings. The van der Waals surface area contributed by atoms with Gasteiger partial charge >= 0.3 is 0 Å². The number of amides is 2. The number of rotatable bonds is 1. The van der Waals surface area contributed by atoms with Crippen molar-refractivity contribution < 1.29 is 9.59 Å². The molecule has 2 saturated carbocycles. The Balaban J connectivity index is 1.59. The molecule has 21 heavy (non-hydrogen) atoms. The van der Waals surface area contributed by atoms with Crippen LogP contribution in [0.1, 0.15) is 18.4 Å². The van der Waals surface area contributed by atoms with Gasteiger partial charge in [-0.1, -0.05) is 24.3 Å². The van der Waals surface area contributed by atoms with Crippen LogP contribution in [0.15, 0.2) is 36.4 Å². The lowest BCUT2D eigenvalue weighted by atomic mass is 9.85. The van der Waals surface area contributed by atoms with Gasteiger partial charge < -0.3 is 0 Å². The molecular weight excluding hydrogens is 262 g/mol. The molecule has 0 N–H and O–H groups in total. The van der Waals surface area contributed by atoms with Crippen LogP contribution >= 0.6 is 0 Å². The minimum absolute atomic E-state index is 0.0266. The lowest BCUT2D eigenvalue weighted by Crippen LogP contribution is -2.34. The molecule has 3 aliphatic carbocycles. The van der Waals surface area contributed by atoms with Crippen LogP contribution in [0, 0.1) is 36.0 Å². The summed E-state index contributed by atoms with van der Waals surface area (Å²) in [5.74, 6) is 0.459. The van der Waals surface area contributed by atoms with Crippen molar-refractivity contribution >= 4 is 17.5 Å². The molecular formula is C18H17NO2. The average Bonchev–Trinajstić information content (AvgIpc) is 3.05. The number of carbonyl (C=O) groups excluding carboxylic acids is 2. The highest BCUT2D eigenvalue weighted by molar-refractivity contribution is 6.23. The molecule has 1 aromatic carbocycles. The molecule has 106 valence electrons. The van der Waals surface area contributed by atoms with Gasteiger partial charge in [-0.05, 0) is 54.7 Å². The predicted molar refractivity (Wildman–Crippen MR) is 78.4 cm³/mol. The number of benzene rings is 1. The number of hydrogen-bond donors (Lipinski definition) is 0. The second kappa shape index (κ2) is 3.46. The summed E-state index contributed by atoms with van der Waals surface area (Å²) in [4.78, 5) is 27.2. The first-order chi connectivity index (χ1) is 10.1. The van der Waals surface area contributed by atoms with E-state index in [1.807, 2.05) is 31.2 Å². The zero-order chi connectivity index (χ0) is 14.4. The fourth-order valence-electron chi connectivity index (χ4n) is 5.10. The first kappa shape index (κ1) is 11.7. The molecule has 1 saturated heterocycles. The third kappa shape index (κ3) is 1.22. The Kier molecular flexibility index (Phi) is 1.93. The lowest BCUT2D eigenvalue weighted by Gasteiger charge is -2.21. The third-order valence-electron chi connectivity index (χ3n) is 6.11. The Bertz CT molecular complexity index is 682. The zero-order valence-corrected chi connectivity index (χ0v) is 12.0.